The van der Waals surface area contributed by atoms with Gasteiger partial charge in [0.05, 0.1) is 5.70 Å². The highest BCUT2D eigenvalue weighted by Gasteiger charge is 2.31. The van der Waals surface area contributed by atoms with Crippen LogP contribution in [-0.4, -0.2) is 61.1 Å². The van der Waals surface area contributed by atoms with Gasteiger partial charge in [-0.15, -0.1) is 11.3 Å². The van der Waals surface area contributed by atoms with Crippen molar-refractivity contribution in [2.45, 2.75) is 19.8 Å². The SMILES string of the molecule is CCCCNC(=O)c1nc2c(s1)C(=O)C=C(NCCN(C)C)C2=O. The number of carbonyl (C=O) groups excluding carboxylic acids is 3. The van der Waals surface area contributed by atoms with E-state index in [2.05, 4.69) is 15.6 Å². The minimum absolute atomic E-state index is 0.0699. The number of rotatable bonds is 8. The molecule has 0 fully saturated rings. The first-order valence-electron chi connectivity index (χ1n) is 7.92. The lowest BCUT2D eigenvalue weighted by Crippen LogP contribution is -2.31. The van der Waals surface area contributed by atoms with Crippen molar-refractivity contribution in [1.82, 2.24) is 20.5 Å². The standard InChI is InChI=1S/C16H22N4O3S/c1-4-5-6-18-15(23)16-19-12-13(22)10(17-7-8-20(2)3)9-11(21)14(12)24-16/h9,17H,4-8H2,1-3H3,(H,18,23). The summed E-state index contributed by atoms with van der Waals surface area (Å²) >= 11 is 0.970. The molecule has 2 rings (SSSR count). The number of nitrogens with one attached hydrogen (secondary N) is 2. The first-order valence-corrected chi connectivity index (χ1v) is 8.74. The van der Waals surface area contributed by atoms with Gasteiger partial charge in [-0.3, -0.25) is 14.4 Å². The fourth-order valence-corrected chi connectivity index (χ4v) is 3.02. The number of thiazole rings is 1. The second-order valence-electron chi connectivity index (χ2n) is 5.79. The lowest BCUT2D eigenvalue weighted by Gasteiger charge is -2.15. The first-order chi connectivity index (χ1) is 11.4. The van der Waals surface area contributed by atoms with E-state index in [4.69, 9.17) is 0 Å². The fourth-order valence-electron chi connectivity index (χ4n) is 2.13. The predicted octanol–water partition coefficient (Wildman–Crippen LogP) is 1.09. The van der Waals surface area contributed by atoms with Crippen LogP contribution < -0.4 is 10.6 Å². The van der Waals surface area contributed by atoms with E-state index in [-0.39, 0.29) is 38.7 Å². The molecule has 0 bridgehead atoms. The summed E-state index contributed by atoms with van der Waals surface area (Å²) in [6.45, 7) is 3.86. The van der Waals surface area contributed by atoms with Crippen LogP contribution in [0.4, 0.5) is 0 Å². The minimum Gasteiger partial charge on any atom is -0.380 e. The van der Waals surface area contributed by atoms with Crippen LogP contribution in [0.15, 0.2) is 11.8 Å². The van der Waals surface area contributed by atoms with E-state index in [1.807, 2.05) is 25.9 Å². The zero-order chi connectivity index (χ0) is 17.7. The Bertz CT molecular complexity index is 679. The number of fused-ring (bicyclic) bond motifs is 1. The number of amides is 1. The molecular formula is C16H22N4O3S. The van der Waals surface area contributed by atoms with Gasteiger partial charge in [0.1, 0.15) is 10.6 Å². The van der Waals surface area contributed by atoms with Crippen molar-refractivity contribution in [3.8, 4) is 0 Å². The summed E-state index contributed by atoms with van der Waals surface area (Å²) in [5.74, 6) is -0.972. The number of hydrogen-bond acceptors (Lipinski definition) is 7. The van der Waals surface area contributed by atoms with Crippen LogP contribution in [0, 0.1) is 0 Å². The van der Waals surface area contributed by atoms with E-state index in [1.54, 1.807) is 0 Å². The lowest BCUT2D eigenvalue weighted by atomic mass is 10.0. The normalized spacial score (nSPS) is 13.8. The summed E-state index contributed by atoms with van der Waals surface area (Å²) in [6, 6.07) is 0. The molecule has 130 valence electrons. The first kappa shape index (κ1) is 18.3. The van der Waals surface area contributed by atoms with E-state index >= 15 is 0 Å². The number of ketones is 2. The Morgan fingerprint density at radius 3 is 2.71 bits per heavy atom. The maximum atomic E-state index is 12.5. The van der Waals surface area contributed by atoms with Crippen molar-refractivity contribution in [2.24, 2.45) is 0 Å². The Labute approximate surface area is 145 Å². The molecule has 0 saturated carbocycles. The van der Waals surface area contributed by atoms with E-state index in [9.17, 15) is 14.4 Å². The van der Waals surface area contributed by atoms with Crippen molar-refractivity contribution in [2.75, 3.05) is 33.7 Å². The van der Waals surface area contributed by atoms with Crippen molar-refractivity contribution >= 4 is 28.8 Å². The monoisotopic (exact) mass is 350 g/mol. The molecule has 0 unspecified atom stereocenters. The van der Waals surface area contributed by atoms with E-state index in [0.717, 1.165) is 30.7 Å². The van der Waals surface area contributed by atoms with Gasteiger partial charge in [0, 0.05) is 25.7 Å². The molecule has 1 aromatic rings. The topological polar surface area (TPSA) is 91.4 Å². The summed E-state index contributed by atoms with van der Waals surface area (Å²) in [5, 5.41) is 5.87. The second-order valence-corrected chi connectivity index (χ2v) is 6.79. The quantitative estimate of drug-likeness (QED) is 0.682. The molecule has 0 saturated heterocycles. The molecule has 1 aliphatic carbocycles. The second kappa shape index (κ2) is 8.16. The van der Waals surface area contributed by atoms with Crippen molar-refractivity contribution in [3.63, 3.8) is 0 Å². The number of likely N-dealkylation sites (N-methyl/N-ethyl adjacent to an activating group) is 1. The summed E-state index contributed by atoms with van der Waals surface area (Å²) in [4.78, 5) is 43.0. The number of aromatic nitrogens is 1. The van der Waals surface area contributed by atoms with Gasteiger partial charge in [0.2, 0.25) is 5.78 Å². The van der Waals surface area contributed by atoms with Crippen molar-refractivity contribution in [3.05, 3.63) is 27.4 Å². The van der Waals surface area contributed by atoms with Gasteiger partial charge in [0.25, 0.3) is 5.91 Å². The summed E-state index contributed by atoms with van der Waals surface area (Å²) in [6.07, 6.45) is 3.13. The molecule has 0 aromatic carbocycles. The van der Waals surface area contributed by atoms with E-state index in [0.29, 0.717) is 13.1 Å². The Morgan fingerprint density at radius 2 is 2.04 bits per heavy atom. The van der Waals surface area contributed by atoms with Gasteiger partial charge in [-0.25, -0.2) is 4.98 Å². The molecule has 1 heterocycles. The Balaban J connectivity index is 2.10. The highest BCUT2D eigenvalue weighted by Crippen LogP contribution is 2.25. The van der Waals surface area contributed by atoms with Crippen molar-refractivity contribution in [1.29, 1.82) is 0 Å². The molecule has 0 radical (unpaired) electrons. The Morgan fingerprint density at radius 1 is 1.29 bits per heavy atom. The maximum Gasteiger partial charge on any atom is 0.280 e. The van der Waals surface area contributed by atoms with Crippen LogP contribution in [0.3, 0.4) is 0 Å². The lowest BCUT2D eigenvalue weighted by molar-refractivity contribution is 0.0951. The molecule has 24 heavy (non-hydrogen) atoms. The molecule has 2 N–H and O–H groups in total. The van der Waals surface area contributed by atoms with Crippen LogP contribution in [0.25, 0.3) is 0 Å². The number of nitrogens with zero attached hydrogens (tertiary/aromatic N) is 2. The van der Waals surface area contributed by atoms with E-state index in [1.165, 1.54) is 6.08 Å². The van der Waals surface area contributed by atoms with Gasteiger partial charge in [0.15, 0.2) is 10.8 Å². The van der Waals surface area contributed by atoms with Crippen LogP contribution in [0.2, 0.25) is 0 Å². The predicted molar refractivity (Wildman–Crippen MR) is 92.7 cm³/mol. The highest BCUT2D eigenvalue weighted by atomic mass is 32.1. The number of unbranched alkanes of at least 4 members (excludes halogenated alkanes) is 1. The third-order valence-corrected chi connectivity index (χ3v) is 4.54. The molecule has 0 atom stereocenters. The maximum absolute atomic E-state index is 12.5. The minimum atomic E-state index is -0.342. The van der Waals surface area contributed by atoms with E-state index < -0.39 is 0 Å². The molecule has 1 aliphatic rings. The molecule has 1 aromatic heterocycles. The summed E-state index contributed by atoms with van der Waals surface area (Å²) in [7, 11) is 3.84. The zero-order valence-corrected chi connectivity index (χ0v) is 15.0. The van der Waals surface area contributed by atoms with Crippen LogP contribution >= 0.6 is 11.3 Å². The van der Waals surface area contributed by atoms with Crippen molar-refractivity contribution < 1.29 is 14.4 Å². The van der Waals surface area contributed by atoms with Gasteiger partial charge < -0.3 is 15.5 Å². The molecule has 1 amide bonds. The molecule has 0 aliphatic heterocycles. The summed E-state index contributed by atoms with van der Waals surface area (Å²) in [5.41, 5.74) is 0.304. The number of Topliss-reactive ketones (excluding diaryl/α,β-unsaturated/α-hetero) is 1. The van der Waals surface area contributed by atoms with Gasteiger partial charge in [-0.2, -0.15) is 0 Å². The zero-order valence-electron chi connectivity index (χ0n) is 14.1. The molecule has 0 spiro atoms. The Hall–Kier alpha value is -2.06. The van der Waals surface area contributed by atoms with Gasteiger partial charge >= 0.3 is 0 Å². The highest BCUT2D eigenvalue weighted by molar-refractivity contribution is 7.16. The number of carbonyl (C=O) groups is 3. The molecular weight excluding hydrogens is 328 g/mol. The number of hydrogen-bond donors (Lipinski definition) is 2. The Kier molecular flexibility index (Phi) is 6.22. The van der Waals surface area contributed by atoms with Gasteiger partial charge in [-0.05, 0) is 20.5 Å². The van der Waals surface area contributed by atoms with Gasteiger partial charge in [-0.1, -0.05) is 13.3 Å². The van der Waals surface area contributed by atoms with Crippen LogP contribution in [0.1, 0.15) is 49.7 Å². The third-order valence-electron chi connectivity index (χ3n) is 3.47. The largest absolute Gasteiger partial charge is 0.380 e. The average molecular weight is 350 g/mol. The van der Waals surface area contributed by atoms with Crippen LogP contribution in [-0.2, 0) is 0 Å². The summed E-state index contributed by atoms with van der Waals surface area (Å²) < 4.78 is 0. The molecule has 7 nitrogen and oxygen atoms in total. The number of allylic oxidation sites excluding steroid dienone is 2. The fraction of sp³-hybridized carbons (Fsp3) is 0.500. The smallest absolute Gasteiger partial charge is 0.280 e. The van der Waals surface area contributed by atoms with Crippen LogP contribution in [0.5, 0.6) is 0 Å². The average Bonchev–Trinajstić information content (AvgIpc) is 2.98. The molecule has 8 heteroatoms. The third kappa shape index (κ3) is 4.27.